The van der Waals surface area contributed by atoms with E-state index in [0.717, 1.165) is 10.2 Å². The van der Waals surface area contributed by atoms with Gasteiger partial charge >= 0.3 is 0 Å². The van der Waals surface area contributed by atoms with Gasteiger partial charge in [0.05, 0.1) is 19.9 Å². The Morgan fingerprint density at radius 2 is 2.07 bits per heavy atom. The third-order valence-electron chi connectivity index (χ3n) is 7.11. The van der Waals surface area contributed by atoms with Gasteiger partial charge in [0, 0.05) is 55.4 Å². The number of anilines is 1. The van der Waals surface area contributed by atoms with Crippen LogP contribution < -0.4 is 20.3 Å². The van der Waals surface area contributed by atoms with Gasteiger partial charge in [0.2, 0.25) is 0 Å². The van der Waals surface area contributed by atoms with E-state index in [9.17, 15) is 27.2 Å². The van der Waals surface area contributed by atoms with Crippen LogP contribution in [0.1, 0.15) is 35.3 Å². The number of aromatic nitrogens is 1. The van der Waals surface area contributed by atoms with Gasteiger partial charge in [-0.15, -0.1) is 0 Å². The van der Waals surface area contributed by atoms with Crippen molar-refractivity contribution in [2.45, 2.75) is 31.4 Å². The first-order valence-electron chi connectivity index (χ1n) is 13.8. The largest absolute Gasteiger partial charge is 0.494 e. The number of methoxy groups -OCH3 is 1. The number of morpholine rings is 1. The number of aldehydes is 1. The molecule has 4 heterocycles. The highest BCUT2D eigenvalue weighted by atomic mass is 32.2. The molecule has 1 amide bonds. The van der Waals surface area contributed by atoms with Gasteiger partial charge in [0.25, 0.3) is 18.3 Å². The van der Waals surface area contributed by atoms with Crippen molar-refractivity contribution < 1.29 is 36.6 Å². The molecule has 0 spiro atoms. The monoisotopic (exact) mass is 644 g/mol. The average molecular weight is 645 g/mol. The molecule has 6 rings (SSSR count). The molecular weight excluding hydrogens is 616 g/mol. The standard InChI is InChI=1S/C18H16F2N2O4.C12H12F2N4S/c1-25-16-8-21-15(18(19)20)7-14(16)13-6-12(3-2-11(13)9-23)22-4-5-26-10-17(22)24;1-15-11-18-9-10(19-11)17-8(6-16-9)3-2-7-4-12(13,14)5-7/h2-3,6-9,18H,4-5,10H2,1H3;6-7,9,16H,4-5H2,1H3,(H,15,18). The number of hydrogen-bond acceptors (Lipinski definition) is 9. The molecule has 1 aromatic carbocycles. The van der Waals surface area contributed by atoms with Crippen LogP contribution in [-0.4, -0.2) is 73.4 Å². The molecule has 1 aliphatic carbocycles. The molecule has 10 nitrogen and oxygen atoms in total. The molecule has 3 aliphatic heterocycles. The summed E-state index contributed by atoms with van der Waals surface area (Å²) >= 11 is 1.45. The summed E-state index contributed by atoms with van der Waals surface area (Å²) in [6, 6.07) is 5.98. The number of rotatable bonds is 5. The number of benzene rings is 1. The molecule has 1 aromatic heterocycles. The summed E-state index contributed by atoms with van der Waals surface area (Å²) in [6.07, 6.45) is 0.432. The van der Waals surface area contributed by atoms with Crippen LogP contribution in [0.15, 0.2) is 52.3 Å². The van der Waals surface area contributed by atoms with Gasteiger partial charge in [-0.3, -0.25) is 19.6 Å². The third-order valence-corrected chi connectivity index (χ3v) is 8.14. The first-order chi connectivity index (χ1) is 21.6. The maximum Gasteiger partial charge on any atom is 0.280 e. The minimum atomic E-state index is -2.76. The molecule has 236 valence electrons. The van der Waals surface area contributed by atoms with Crippen LogP contribution in [0.25, 0.3) is 11.1 Å². The Hall–Kier alpha value is -4.42. The van der Waals surface area contributed by atoms with Crippen LogP contribution in [0.5, 0.6) is 5.75 Å². The molecule has 2 N–H and O–H groups in total. The van der Waals surface area contributed by atoms with Crippen molar-refractivity contribution >= 4 is 39.9 Å². The van der Waals surface area contributed by atoms with Crippen LogP contribution in [-0.2, 0) is 9.53 Å². The molecule has 4 aliphatic rings. The van der Waals surface area contributed by atoms with E-state index in [2.05, 4.69) is 37.4 Å². The van der Waals surface area contributed by atoms with E-state index in [1.54, 1.807) is 31.4 Å². The number of thioether (sulfide) groups is 1. The number of nitrogens with one attached hydrogen (secondary N) is 2. The number of fused-ring (bicyclic) bond motifs is 1. The lowest BCUT2D eigenvalue weighted by atomic mass is 9.82. The highest BCUT2D eigenvalue weighted by molar-refractivity contribution is 8.27. The fraction of sp³-hybridized carbons (Fsp3) is 0.367. The highest BCUT2D eigenvalue weighted by Gasteiger charge is 2.44. The summed E-state index contributed by atoms with van der Waals surface area (Å²) in [6.45, 7) is 0.734. The van der Waals surface area contributed by atoms with Gasteiger partial charge in [-0.05, 0) is 47.5 Å². The maximum absolute atomic E-state index is 13.1. The second-order valence-electron chi connectivity index (χ2n) is 10.2. The predicted molar refractivity (Wildman–Crippen MR) is 162 cm³/mol. The van der Waals surface area contributed by atoms with Gasteiger partial charge in [0.1, 0.15) is 35.0 Å². The fourth-order valence-corrected chi connectivity index (χ4v) is 5.65. The Kier molecular flexibility index (Phi) is 9.74. The topological polar surface area (TPSA) is 118 Å². The molecule has 15 heteroatoms. The van der Waals surface area contributed by atoms with E-state index in [1.165, 1.54) is 36.0 Å². The summed E-state index contributed by atoms with van der Waals surface area (Å²) in [5, 5.41) is 7.91. The zero-order valence-electron chi connectivity index (χ0n) is 24.2. The van der Waals surface area contributed by atoms with E-state index in [1.807, 2.05) is 0 Å². The molecule has 45 heavy (non-hydrogen) atoms. The van der Waals surface area contributed by atoms with Gasteiger partial charge in [-0.2, -0.15) is 0 Å². The van der Waals surface area contributed by atoms with Crippen molar-refractivity contribution in [3.8, 4) is 28.7 Å². The van der Waals surface area contributed by atoms with Gasteiger partial charge in [0.15, 0.2) is 11.5 Å². The smallest absolute Gasteiger partial charge is 0.280 e. The van der Waals surface area contributed by atoms with Gasteiger partial charge in [-0.25, -0.2) is 22.6 Å². The Morgan fingerprint density at radius 3 is 2.73 bits per heavy atom. The molecule has 1 saturated carbocycles. The van der Waals surface area contributed by atoms with Gasteiger partial charge in [-0.1, -0.05) is 5.92 Å². The third kappa shape index (κ3) is 7.46. The number of amides is 1. The molecule has 1 atom stereocenters. The van der Waals surface area contributed by atoms with Crippen molar-refractivity contribution in [2.75, 3.05) is 38.8 Å². The number of halogens is 4. The molecule has 2 saturated heterocycles. The Bertz CT molecular complexity index is 1630. The zero-order chi connectivity index (χ0) is 32.1. The molecule has 2 aromatic rings. The normalized spacial score (nSPS) is 21.1. The zero-order valence-corrected chi connectivity index (χ0v) is 25.0. The highest BCUT2D eigenvalue weighted by Crippen LogP contribution is 2.42. The molecule has 0 radical (unpaired) electrons. The van der Waals surface area contributed by atoms with Gasteiger partial charge < -0.3 is 25.0 Å². The van der Waals surface area contributed by atoms with Crippen molar-refractivity contribution in [1.82, 2.24) is 15.6 Å². The number of amidine groups is 1. The van der Waals surface area contributed by atoms with E-state index >= 15 is 0 Å². The number of hydrogen-bond donors (Lipinski definition) is 2. The van der Waals surface area contributed by atoms with E-state index < -0.39 is 18.0 Å². The second-order valence-corrected chi connectivity index (χ2v) is 11.2. The number of alkyl halides is 4. The first-order valence-corrected chi connectivity index (χ1v) is 14.6. The number of carbonyl (C=O) groups excluding carboxylic acids is 2. The number of allylic oxidation sites excluding steroid dienone is 1. The van der Waals surface area contributed by atoms with Crippen LogP contribution in [0, 0.1) is 17.8 Å². The Balaban J connectivity index is 0.000000186. The number of nitrogens with zero attached hydrogens (tertiary/aromatic N) is 4. The van der Waals surface area contributed by atoms with Crippen molar-refractivity contribution in [1.29, 1.82) is 0 Å². The quantitative estimate of drug-likeness (QED) is 0.280. The Morgan fingerprint density at radius 1 is 1.27 bits per heavy atom. The molecule has 3 fully saturated rings. The fourth-order valence-electron chi connectivity index (χ4n) is 4.79. The SMILES string of the molecule is CN=C1NC2NC=C(C#CC3CC(F)(F)C3)N=C2S1.COc1cnc(C(F)F)cc1-c1cc(N2CCOCC2=O)ccc1C=O. The average Bonchev–Trinajstić information content (AvgIpc) is 3.45. The minimum Gasteiger partial charge on any atom is -0.494 e. The second kappa shape index (κ2) is 13.7. The molecule has 0 bridgehead atoms. The van der Waals surface area contributed by atoms with Crippen LogP contribution >= 0.6 is 11.8 Å². The van der Waals surface area contributed by atoms with E-state index in [0.29, 0.717) is 47.5 Å². The summed E-state index contributed by atoms with van der Waals surface area (Å²) in [4.78, 5) is 37.2. The lowest BCUT2D eigenvalue weighted by molar-refractivity contribution is -0.125. The number of ether oxygens (including phenoxy) is 2. The van der Waals surface area contributed by atoms with E-state index in [-0.39, 0.29) is 43.2 Å². The Labute approximate surface area is 260 Å². The summed E-state index contributed by atoms with van der Waals surface area (Å²) in [5.41, 5.74) is 1.69. The molecule has 1 unspecified atom stereocenters. The van der Waals surface area contributed by atoms with Crippen molar-refractivity contribution in [3.63, 3.8) is 0 Å². The van der Waals surface area contributed by atoms with Crippen molar-refractivity contribution in [2.24, 2.45) is 15.9 Å². The lowest BCUT2D eigenvalue weighted by Crippen LogP contribution is -2.41. The van der Waals surface area contributed by atoms with Crippen molar-refractivity contribution in [3.05, 3.63) is 53.6 Å². The maximum atomic E-state index is 13.1. The number of carbonyl (C=O) groups is 2. The lowest BCUT2D eigenvalue weighted by Gasteiger charge is -2.31. The number of pyridine rings is 1. The van der Waals surface area contributed by atoms with Crippen LogP contribution in [0.4, 0.5) is 23.2 Å². The minimum absolute atomic E-state index is 0.0289. The summed E-state index contributed by atoms with van der Waals surface area (Å²) in [5.74, 6) is 3.01. The number of aliphatic imine (C=N–C) groups is 2. The summed E-state index contributed by atoms with van der Waals surface area (Å²) < 4.78 is 61.8. The summed E-state index contributed by atoms with van der Waals surface area (Å²) in [7, 11) is 3.09. The first kappa shape index (κ1) is 32.0. The van der Waals surface area contributed by atoms with Crippen LogP contribution in [0.2, 0.25) is 0 Å². The molecular formula is C30H28F4N6O4S. The van der Waals surface area contributed by atoms with E-state index in [4.69, 9.17) is 9.47 Å². The predicted octanol–water partition coefficient (Wildman–Crippen LogP) is 4.40. The van der Waals surface area contributed by atoms with Crippen LogP contribution in [0.3, 0.4) is 0 Å².